The molecule has 0 saturated carbocycles. The van der Waals surface area contributed by atoms with E-state index in [-0.39, 0.29) is 0 Å². The van der Waals surface area contributed by atoms with E-state index in [1.807, 2.05) is 54.6 Å². The number of H-pyrrole nitrogens is 1. The van der Waals surface area contributed by atoms with Crippen LogP contribution >= 0.6 is 15.9 Å². The van der Waals surface area contributed by atoms with Crippen LogP contribution in [0.1, 0.15) is 11.1 Å². The molecular formula is C69H47BBrN3O2. The normalized spacial score (nSPS) is 11.8. The van der Waals surface area contributed by atoms with Crippen molar-refractivity contribution in [1.82, 2.24) is 14.1 Å². The van der Waals surface area contributed by atoms with Crippen molar-refractivity contribution >= 4 is 115 Å². The Morgan fingerprint density at radius 3 is 1.63 bits per heavy atom. The van der Waals surface area contributed by atoms with Crippen molar-refractivity contribution in [2.24, 2.45) is 0 Å². The van der Waals surface area contributed by atoms with Crippen molar-refractivity contribution in [2.45, 2.75) is 6.42 Å². The van der Waals surface area contributed by atoms with Crippen molar-refractivity contribution in [1.29, 1.82) is 0 Å². The Labute approximate surface area is 447 Å². The van der Waals surface area contributed by atoms with Crippen LogP contribution in [0.2, 0.25) is 0 Å². The largest absolute Gasteiger partial charge is 0.488 e. The predicted molar refractivity (Wildman–Crippen MR) is 324 cm³/mol. The first kappa shape index (κ1) is 45.6. The van der Waals surface area contributed by atoms with Crippen LogP contribution in [0, 0.1) is 0 Å². The molecule has 360 valence electrons. The summed E-state index contributed by atoms with van der Waals surface area (Å²) in [4.78, 5) is 3.57. The summed E-state index contributed by atoms with van der Waals surface area (Å²) in [6.07, 6.45) is 1.07. The minimum atomic E-state index is -1.47. The first-order valence-corrected chi connectivity index (χ1v) is 26.5. The number of aromatic nitrogens is 3. The highest BCUT2D eigenvalue weighted by molar-refractivity contribution is 9.10. The van der Waals surface area contributed by atoms with E-state index in [9.17, 15) is 10.0 Å². The summed E-state index contributed by atoms with van der Waals surface area (Å²) < 4.78 is 5.67. The highest BCUT2D eigenvalue weighted by Crippen LogP contribution is 2.42. The van der Waals surface area contributed by atoms with Gasteiger partial charge in [0.1, 0.15) is 0 Å². The number of hydrogen-bond donors (Lipinski definition) is 3. The topological polar surface area (TPSA) is 66.1 Å². The first-order chi connectivity index (χ1) is 37.4. The fourth-order valence-electron chi connectivity index (χ4n) is 11.8. The predicted octanol–water partition coefficient (Wildman–Crippen LogP) is 16.9. The lowest BCUT2D eigenvalue weighted by Crippen LogP contribution is -2.29. The van der Waals surface area contributed by atoms with Gasteiger partial charge in [0.25, 0.3) is 0 Å². The molecule has 15 aromatic rings. The van der Waals surface area contributed by atoms with E-state index < -0.39 is 7.12 Å². The van der Waals surface area contributed by atoms with Crippen molar-refractivity contribution in [3.05, 3.63) is 270 Å². The summed E-state index contributed by atoms with van der Waals surface area (Å²) in [7, 11) is -1.47. The van der Waals surface area contributed by atoms with Crippen LogP contribution in [0.5, 0.6) is 0 Å². The van der Waals surface area contributed by atoms with Crippen molar-refractivity contribution in [3.63, 3.8) is 0 Å². The smallest absolute Gasteiger partial charge is 0.423 e. The lowest BCUT2D eigenvalue weighted by atomic mass is 9.80. The lowest BCUT2D eigenvalue weighted by molar-refractivity contribution is 0.426. The van der Waals surface area contributed by atoms with Gasteiger partial charge in [0.15, 0.2) is 0 Å². The number of nitrogens with zero attached hydrogens (tertiary/aromatic N) is 2. The van der Waals surface area contributed by atoms with E-state index in [1.54, 1.807) is 6.07 Å². The van der Waals surface area contributed by atoms with Crippen molar-refractivity contribution in [2.75, 3.05) is 0 Å². The number of rotatable bonds is 4. The molecule has 0 fully saturated rings. The number of hydrogen-bond acceptors (Lipinski definition) is 2. The summed E-state index contributed by atoms with van der Waals surface area (Å²) in [5.41, 5.74) is 17.8. The Morgan fingerprint density at radius 2 is 0.921 bits per heavy atom. The van der Waals surface area contributed by atoms with Gasteiger partial charge in [-0.25, -0.2) is 0 Å². The van der Waals surface area contributed by atoms with E-state index in [0.29, 0.717) is 5.46 Å². The maximum Gasteiger partial charge on any atom is 0.488 e. The molecule has 0 bridgehead atoms. The average molecular weight is 1040 g/mol. The van der Waals surface area contributed by atoms with Gasteiger partial charge in [-0.15, -0.1) is 0 Å². The first-order valence-electron chi connectivity index (χ1n) is 25.7. The lowest BCUT2D eigenvalue weighted by Gasteiger charge is -2.10. The van der Waals surface area contributed by atoms with Gasteiger partial charge in [-0.2, -0.15) is 0 Å². The highest BCUT2D eigenvalue weighted by Gasteiger charge is 2.21. The molecular weight excluding hydrogens is 993 g/mol. The van der Waals surface area contributed by atoms with Gasteiger partial charge in [0, 0.05) is 59.2 Å². The van der Waals surface area contributed by atoms with E-state index in [2.05, 4.69) is 224 Å². The van der Waals surface area contributed by atoms with E-state index in [0.717, 1.165) is 38.4 Å². The molecule has 5 nitrogen and oxygen atoms in total. The van der Waals surface area contributed by atoms with Gasteiger partial charge in [-0.1, -0.05) is 192 Å². The molecule has 0 atom stereocenters. The molecule has 0 aliphatic heterocycles. The minimum absolute atomic E-state index is 0.493. The van der Waals surface area contributed by atoms with Gasteiger partial charge in [-0.05, 0) is 146 Å². The standard InChI is InChI=1S/C34H22N2.C18H14BNO2.C17H11Br/c1-2-8-25(9-3-1)36-32-13-7-5-10-27(32)28-18-15-23(21-33(28)36)22-14-17-26-24(20-22)16-19-31-34(26)29-11-4-6-12-30(29)35-31;21-19(22)13-10-11-16-15-8-4-5-9-17(15)20(18(16)12-13)14-6-2-1-3-7-14;18-14-7-8-16-12(10-14)5-6-13-9-11-3-1-2-4-15(11)17(13)16/h1-21,35H;1-12,21-22H;1-8,10H,9H2. The number of aromatic amines is 1. The maximum atomic E-state index is 9.47. The molecule has 0 radical (unpaired) electrons. The van der Waals surface area contributed by atoms with Crippen LogP contribution in [0.15, 0.2) is 259 Å². The second kappa shape index (κ2) is 18.7. The second-order valence-corrected chi connectivity index (χ2v) is 20.6. The third-order valence-electron chi connectivity index (χ3n) is 15.3. The Kier molecular flexibility index (Phi) is 11.3. The quantitative estimate of drug-likeness (QED) is 0.154. The van der Waals surface area contributed by atoms with E-state index in [1.165, 1.54) is 104 Å². The fourth-order valence-corrected chi connectivity index (χ4v) is 12.2. The van der Waals surface area contributed by atoms with Gasteiger partial charge in [-0.3, -0.25) is 0 Å². The van der Waals surface area contributed by atoms with E-state index in [4.69, 9.17) is 0 Å². The highest BCUT2D eigenvalue weighted by atomic mass is 79.9. The molecule has 1 aliphatic rings. The molecule has 0 saturated heterocycles. The minimum Gasteiger partial charge on any atom is -0.423 e. The molecule has 1 aliphatic carbocycles. The molecule has 16 rings (SSSR count). The third kappa shape index (κ3) is 7.79. The van der Waals surface area contributed by atoms with Crippen molar-refractivity contribution in [3.8, 4) is 33.6 Å². The molecule has 76 heavy (non-hydrogen) atoms. The Bertz CT molecular complexity index is 4730. The summed E-state index contributed by atoms with van der Waals surface area (Å²) in [6.45, 7) is 0. The van der Waals surface area contributed by atoms with Crippen LogP contribution in [0.4, 0.5) is 0 Å². The fraction of sp³-hybridized carbons (Fsp3) is 0.0145. The molecule has 3 heterocycles. The van der Waals surface area contributed by atoms with Crippen LogP contribution in [0.25, 0.3) is 121 Å². The average Bonchev–Trinajstić information content (AvgIpc) is 4.29. The van der Waals surface area contributed by atoms with Crippen LogP contribution < -0.4 is 5.46 Å². The molecule has 0 amide bonds. The van der Waals surface area contributed by atoms with Gasteiger partial charge in [0.05, 0.1) is 22.1 Å². The number of fused-ring (bicyclic) bond motifs is 16. The van der Waals surface area contributed by atoms with E-state index >= 15 is 0 Å². The Morgan fingerprint density at radius 1 is 0.382 bits per heavy atom. The Balaban J connectivity index is 0.000000113. The number of nitrogens with one attached hydrogen (secondary N) is 1. The zero-order valence-corrected chi connectivity index (χ0v) is 42.8. The monoisotopic (exact) mass is 1040 g/mol. The number of halogens is 1. The molecule has 0 unspecified atom stereocenters. The summed E-state index contributed by atoms with van der Waals surface area (Å²) in [5, 5.41) is 31.5. The maximum absolute atomic E-state index is 9.47. The summed E-state index contributed by atoms with van der Waals surface area (Å²) in [6, 6.07) is 89.7. The Hall–Kier alpha value is -8.98. The van der Waals surface area contributed by atoms with Gasteiger partial charge >= 0.3 is 7.12 Å². The number of para-hydroxylation sites is 5. The SMILES string of the molecule is Brc1ccc2c3c(ccc2c1)Cc1ccccc1-3.OB(O)c1ccc2c3ccccc3n(-c3ccccc3)c2c1.c1ccc(-n2c3ccccc3c3ccc(-c4ccc5c(ccc6[nH]c7ccccc7c65)c4)cc32)cc1. The molecule has 3 N–H and O–H groups in total. The van der Waals surface area contributed by atoms with Gasteiger partial charge in [0.2, 0.25) is 0 Å². The van der Waals surface area contributed by atoms with Crippen LogP contribution in [-0.2, 0) is 6.42 Å². The van der Waals surface area contributed by atoms with Crippen LogP contribution in [0.3, 0.4) is 0 Å². The van der Waals surface area contributed by atoms with Crippen LogP contribution in [-0.4, -0.2) is 31.3 Å². The molecule has 12 aromatic carbocycles. The number of benzene rings is 12. The summed E-state index contributed by atoms with van der Waals surface area (Å²) >= 11 is 3.54. The van der Waals surface area contributed by atoms with Crippen molar-refractivity contribution < 1.29 is 10.0 Å². The zero-order chi connectivity index (χ0) is 50.9. The third-order valence-corrected chi connectivity index (χ3v) is 15.7. The summed E-state index contributed by atoms with van der Waals surface area (Å²) in [5.74, 6) is 0. The molecule has 0 spiro atoms. The van der Waals surface area contributed by atoms with Gasteiger partial charge < -0.3 is 24.2 Å². The zero-order valence-electron chi connectivity index (χ0n) is 41.2. The second-order valence-electron chi connectivity index (χ2n) is 19.7. The molecule has 7 heteroatoms. The molecule has 3 aromatic heterocycles.